The number of nitrogen functional groups attached to an aromatic ring is 1. The zero-order chi connectivity index (χ0) is 13.8. The minimum absolute atomic E-state index is 0.0215. The van der Waals surface area contributed by atoms with Crippen molar-refractivity contribution in [2.75, 3.05) is 31.9 Å². The van der Waals surface area contributed by atoms with Crippen LogP contribution in [0.15, 0.2) is 24.8 Å². The summed E-state index contributed by atoms with van der Waals surface area (Å²) in [6, 6.07) is 2.42. The van der Waals surface area contributed by atoms with Crippen molar-refractivity contribution in [1.29, 1.82) is 0 Å². The van der Waals surface area contributed by atoms with Gasteiger partial charge in [0.05, 0.1) is 5.69 Å². The molecule has 1 aromatic carbocycles. The third-order valence-corrected chi connectivity index (χ3v) is 3.47. The maximum atomic E-state index is 13.5. The second-order valence-electron chi connectivity index (χ2n) is 4.76. The van der Waals surface area contributed by atoms with Crippen LogP contribution < -0.4 is 11.1 Å². The number of hydrogen-bond donors (Lipinski definition) is 3. The van der Waals surface area contributed by atoms with Gasteiger partial charge in [0, 0.05) is 43.9 Å². The quantitative estimate of drug-likeness (QED) is 0.440. The third-order valence-electron chi connectivity index (χ3n) is 3.47. The molecule has 0 radical (unpaired) electrons. The highest BCUT2D eigenvalue weighted by Gasteiger charge is 2.24. The molecule has 1 aromatic rings. The van der Waals surface area contributed by atoms with Gasteiger partial charge in [0.15, 0.2) is 0 Å². The van der Waals surface area contributed by atoms with Crippen LogP contribution in [0, 0.1) is 5.82 Å². The largest absolute Gasteiger partial charge is 0.505 e. The van der Waals surface area contributed by atoms with Gasteiger partial charge in [-0.1, -0.05) is 6.08 Å². The van der Waals surface area contributed by atoms with E-state index in [9.17, 15) is 9.50 Å². The monoisotopic (exact) mass is 265 g/mol. The Morgan fingerprint density at radius 3 is 2.79 bits per heavy atom. The van der Waals surface area contributed by atoms with Crippen molar-refractivity contribution >= 4 is 5.69 Å². The summed E-state index contributed by atoms with van der Waals surface area (Å²) in [6.07, 6.45) is 2.43. The first kappa shape index (κ1) is 13.8. The van der Waals surface area contributed by atoms with Crippen LogP contribution in [0.1, 0.15) is 18.0 Å². The Balaban J connectivity index is 2.34. The molecule has 1 heterocycles. The molecule has 0 bridgehead atoms. The normalized spacial score (nSPS) is 18.2. The van der Waals surface area contributed by atoms with Crippen molar-refractivity contribution in [3.05, 3.63) is 36.2 Å². The van der Waals surface area contributed by atoms with Gasteiger partial charge in [-0.25, -0.2) is 4.39 Å². The van der Waals surface area contributed by atoms with Gasteiger partial charge in [0.25, 0.3) is 0 Å². The Kier molecular flexibility index (Phi) is 4.39. The fraction of sp³-hybridized carbons (Fsp3) is 0.429. The number of nitrogens with one attached hydrogen (secondary N) is 1. The van der Waals surface area contributed by atoms with E-state index < -0.39 is 5.82 Å². The molecule has 0 amide bonds. The van der Waals surface area contributed by atoms with Gasteiger partial charge in [-0.3, -0.25) is 4.90 Å². The molecule has 1 atom stereocenters. The summed E-state index contributed by atoms with van der Waals surface area (Å²) in [4.78, 5) is 2.21. The van der Waals surface area contributed by atoms with E-state index in [1.807, 2.05) is 0 Å². The van der Waals surface area contributed by atoms with Crippen LogP contribution in [-0.4, -0.2) is 36.2 Å². The summed E-state index contributed by atoms with van der Waals surface area (Å²) in [6.45, 7) is 7.23. The van der Waals surface area contributed by atoms with E-state index in [-0.39, 0.29) is 17.5 Å². The summed E-state index contributed by atoms with van der Waals surface area (Å²) in [5.41, 5.74) is 6.26. The summed E-state index contributed by atoms with van der Waals surface area (Å²) < 4.78 is 13.5. The zero-order valence-electron chi connectivity index (χ0n) is 10.9. The molecule has 0 unspecified atom stereocenters. The molecule has 0 aliphatic carbocycles. The first-order chi connectivity index (χ1) is 9.13. The molecular formula is C14H20FN3O. The Morgan fingerprint density at radius 2 is 2.16 bits per heavy atom. The van der Waals surface area contributed by atoms with Gasteiger partial charge < -0.3 is 16.2 Å². The van der Waals surface area contributed by atoms with Gasteiger partial charge >= 0.3 is 0 Å². The lowest BCUT2D eigenvalue weighted by Gasteiger charge is -2.35. The molecule has 1 saturated heterocycles. The van der Waals surface area contributed by atoms with E-state index in [0.29, 0.717) is 12.0 Å². The number of rotatable bonds is 4. The fourth-order valence-electron chi connectivity index (χ4n) is 2.52. The number of piperazine rings is 1. The van der Waals surface area contributed by atoms with Crippen LogP contribution in [-0.2, 0) is 0 Å². The van der Waals surface area contributed by atoms with Crippen molar-refractivity contribution in [3.8, 4) is 5.75 Å². The molecule has 1 fully saturated rings. The summed E-state index contributed by atoms with van der Waals surface area (Å²) in [5, 5.41) is 13.4. The maximum Gasteiger partial charge on any atom is 0.143 e. The molecule has 4 N–H and O–H groups in total. The smallest absolute Gasteiger partial charge is 0.143 e. The summed E-state index contributed by atoms with van der Waals surface area (Å²) in [5.74, 6) is -0.443. The number of phenols is 1. The van der Waals surface area contributed by atoms with Crippen LogP contribution in [0.3, 0.4) is 0 Å². The molecule has 0 aromatic heterocycles. The molecule has 1 aliphatic rings. The van der Waals surface area contributed by atoms with Crippen molar-refractivity contribution in [3.63, 3.8) is 0 Å². The highest BCUT2D eigenvalue weighted by molar-refractivity contribution is 5.57. The van der Waals surface area contributed by atoms with E-state index >= 15 is 0 Å². The fourth-order valence-corrected chi connectivity index (χ4v) is 2.52. The minimum Gasteiger partial charge on any atom is -0.505 e. The Labute approximate surface area is 112 Å². The van der Waals surface area contributed by atoms with E-state index in [1.165, 1.54) is 6.07 Å². The van der Waals surface area contributed by atoms with Crippen LogP contribution >= 0.6 is 0 Å². The molecule has 4 nitrogen and oxygen atoms in total. The second-order valence-corrected chi connectivity index (χ2v) is 4.76. The number of nitrogens with two attached hydrogens (primary N) is 1. The lowest BCUT2D eigenvalue weighted by atomic mass is 9.99. The van der Waals surface area contributed by atoms with Gasteiger partial charge in [0.1, 0.15) is 11.6 Å². The van der Waals surface area contributed by atoms with E-state index in [1.54, 1.807) is 6.08 Å². The van der Waals surface area contributed by atoms with Crippen molar-refractivity contribution < 1.29 is 9.50 Å². The second kappa shape index (κ2) is 6.04. The number of nitrogens with zero attached hydrogens (tertiary/aromatic N) is 1. The average molecular weight is 265 g/mol. The molecule has 5 heteroatoms. The van der Waals surface area contributed by atoms with Crippen molar-refractivity contribution in [1.82, 2.24) is 10.2 Å². The first-order valence-electron chi connectivity index (χ1n) is 6.47. The number of hydrogen-bond acceptors (Lipinski definition) is 4. The number of benzene rings is 1. The van der Waals surface area contributed by atoms with E-state index in [4.69, 9.17) is 5.73 Å². The standard InChI is InChI=1S/C14H20FN3O/c1-2-3-13(18-6-4-17-5-7-18)11-8-10(15)9-12(16)14(11)19/h2,8-9,13,17,19H,1,3-7,16H2/t13-/m0/s1. The highest BCUT2D eigenvalue weighted by atomic mass is 19.1. The topological polar surface area (TPSA) is 61.5 Å². The first-order valence-corrected chi connectivity index (χ1v) is 6.47. The number of phenolic OH excluding ortho intramolecular Hbond substituents is 1. The maximum absolute atomic E-state index is 13.5. The van der Waals surface area contributed by atoms with Crippen molar-refractivity contribution in [2.45, 2.75) is 12.5 Å². The van der Waals surface area contributed by atoms with Gasteiger partial charge in [0.2, 0.25) is 0 Å². The molecule has 0 saturated carbocycles. The lowest BCUT2D eigenvalue weighted by Crippen LogP contribution is -2.45. The molecule has 2 rings (SSSR count). The summed E-state index contributed by atoms with van der Waals surface area (Å²) in [7, 11) is 0. The zero-order valence-corrected chi connectivity index (χ0v) is 10.9. The minimum atomic E-state index is -0.422. The van der Waals surface area contributed by atoms with Crippen LogP contribution in [0.4, 0.5) is 10.1 Å². The number of aromatic hydroxyl groups is 1. The molecule has 1 aliphatic heterocycles. The third kappa shape index (κ3) is 3.05. The Morgan fingerprint density at radius 1 is 1.47 bits per heavy atom. The van der Waals surface area contributed by atoms with Gasteiger partial charge in [-0.05, 0) is 12.5 Å². The molecule has 104 valence electrons. The highest BCUT2D eigenvalue weighted by Crippen LogP contribution is 2.36. The van der Waals surface area contributed by atoms with E-state index in [2.05, 4.69) is 16.8 Å². The Hall–Kier alpha value is -1.59. The number of halogens is 1. The molecule has 0 spiro atoms. The molecular weight excluding hydrogens is 245 g/mol. The predicted molar refractivity (Wildman–Crippen MR) is 74.5 cm³/mol. The van der Waals surface area contributed by atoms with Gasteiger partial charge in [-0.15, -0.1) is 6.58 Å². The van der Waals surface area contributed by atoms with Crippen LogP contribution in [0.25, 0.3) is 0 Å². The predicted octanol–water partition coefficient (Wildman–Crippen LogP) is 1.64. The van der Waals surface area contributed by atoms with Crippen LogP contribution in [0.2, 0.25) is 0 Å². The summed E-state index contributed by atoms with van der Waals surface area (Å²) >= 11 is 0. The number of anilines is 1. The van der Waals surface area contributed by atoms with Gasteiger partial charge in [-0.2, -0.15) is 0 Å². The van der Waals surface area contributed by atoms with Crippen LogP contribution in [0.5, 0.6) is 5.75 Å². The average Bonchev–Trinajstić information content (AvgIpc) is 2.41. The molecule has 19 heavy (non-hydrogen) atoms. The lowest BCUT2D eigenvalue weighted by molar-refractivity contribution is 0.171. The van der Waals surface area contributed by atoms with E-state index in [0.717, 1.165) is 32.2 Å². The van der Waals surface area contributed by atoms with Crippen molar-refractivity contribution in [2.24, 2.45) is 0 Å². The SMILES string of the molecule is C=CC[C@@H](c1cc(F)cc(N)c1O)N1CCNCC1. The Bertz CT molecular complexity index is 458.